The topological polar surface area (TPSA) is 72.7 Å². The number of ether oxygens (including phenoxy) is 1. The van der Waals surface area contributed by atoms with E-state index < -0.39 is 22.0 Å². The van der Waals surface area contributed by atoms with Gasteiger partial charge in [-0.25, -0.2) is 0 Å². The maximum atomic E-state index is 13.3. The number of hydrogen-bond acceptors (Lipinski definition) is 4. The van der Waals surface area contributed by atoms with Crippen molar-refractivity contribution in [3.63, 3.8) is 0 Å². The van der Waals surface area contributed by atoms with Crippen LogP contribution in [0.1, 0.15) is 24.2 Å². The summed E-state index contributed by atoms with van der Waals surface area (Å²) in [6, 6.07) is 3.18. The minimum Gasteiger partial charge on any atom is -0.377 e. The maximum Gasteiger partial charge on any atom is 0.305 e. The van der Waals surface area contributed by atoms with E-state index >= 15 is 0 Å². The second kappa shape index (κ2) is 5.16. The number of rotatable bonds is 2. The summed E-state index contributed by atoms with van der Waals surface area (Å²) in [6.45, 7) is 4.90. The fraction of sp³-hybridized carbons (Fsp3) is 0.462. The summed E-state index contributed by atoms with van der Waals surface area (Å²) >= 11 is 0. The van der Waals surface area contributed by atoms with Crippen molar-refractivity contribution < 1.29 is 18.8 Å². The Morgan fingerprint density at radius 2 is 2.20 bits per heavy atom. The van der Waals surface area contributed by atoms with Crippen molar-refractivity contribution in [2.24, 2.45) is 0 Å². The van der Waals surface area contributed by atoms with Crippen molar-refractivity contribution in [1.29, 1.82) is 0 Å². The highest BCUT2D eigenvalue weighted by Gasteiger charge is 2.35. The molecule has 1 aliphatic heterocycles. The fourth-order valence-electron chi connectivity index (χ4n) is 2.18. The van der Waals surface area contributed by atoms with E-state index in [4.69, 9.17) is 4.74 Å². The van der Waals surface area contributed by atoms with E-state index in [1.807, 2.05) is 13.8 Å². The standard InChI is InChI=1S/C13H15FN2O4/c1-13(2)8-20-6-5-15(13)12(17)9-3-4-10(14)11(7-9)16(18)19/h3-4,7H,5-6,8H2,1-2H3. The lowest BCUT2D eigenvalue weighted by Gasteiger charge is -2.42. The van der Waals surface area contributed by atoms with Gasteiger partial charge in [0.15, 0.2) is 0 Å². The molecule has 1 saturated heterocycles. The van der Waals surface area contributed by atoms with E-state index in [0.717, 1.165) is 12.1 Å². The Kier molecular flexibility index (Phi) is 3.71. The lowest BCUT2D eigenvalue weighted by molar-refractivity contribution is -0.387. The predicted molar refractivity (Wildman–Crippen MR) is 69.0 cm³/mol. The molecule has 0 saturated carbocycles. The fourth-order valence-corrected chi connectivity index (χ4v) is 2.18. The van der Waals surface area contributed by atoms with Crippen LogP contribution in [0.2, 0.25) is 0 Å². The number of hydrogen-bond donors (Lipinski definition) is 0. The summed E-state index contributed by atoms with van der Waals surface area (Å²) in [5.74, 6) is -1.31. The highest BCUT2D eigenvalue weighted by atomic mass is 19.1. The second-order valence-electron chi connectivity index (χ2n) is 5.25. The molecule has 1 amide bonds. The molecule has 1 aromatic carbocycles. The van der Waals surface area contributed by atoms with Gasteiger partial charge in [0, 0.05) is 18.2 Å². The van der Waals surface area contributed by atoms with Gasteiger partial charge in [0.05, 0.1) is 23.7 Å². The van der Waals surface area contributed by atoms with Crippen LogP contribution in [0.4, 0.5) is 10.1 Å². The molecule has 1 aromatic rings. The van der Waals surface area contributed by atoms with Gasteiger partial charge in [-0.3, -0.25) is 14.9 Å². The summed E-state index contributed by atoms with van der Waals surface area (Å²) in [4.78, 5) is 23.9. The molecular weight excluding hydrogens is 267 g/mol. The minimum absolute atomic E-state index is 0.105. The Labute approximate surface area is 115 Å². The van der Waals surface area contributed by atoms with E-state index in [2.05, 4.69) is 0 Å². The first-order valence-electron chi connectivity index (χ1n) is 6.16. The molecule has 2 rings (SSSR count). The lowest BCUT2D eigenvalue weighted by atomic mass is 10.0. The molecule has 0 spiro atoms. The van der Waals surface area contributed by atoms with Gasteiger partial charge in [-0.1, -0.05) is 0 Å². The highest BCUT2D eigenvalue weighted by molar-refractivity contribution is 5.95. The van der Waals surface area contributed by atoms with Gasteiger partial charge in [-0.2, -0.15) is 4.39 Å². The molecule has 0 N–H and O–H groups in total. The van der Waals surface area contributed by atoms with Crippen molar-refractivity contribution in [1.82, 2.24) is 4.90 Å². The molecule has 6 nitrogen and oxygen atoms in total. The molecule has 1 fully saturated rings. The van der Waals surface area contributed by atoms with Crippen LogP contribution in [0.3, 0.4) is 0 Å². The van der Waals surface area contributed by atoms with Crippen molar-refractivity contribution >= 4 is 11.6 Å². The van der Waals surface area contributed by atoms with E-state index in [-0.39, 0.29) is 11.5 Å². The number of carbonyl (C=O) groups excluding carboxylic acids is 1. The summed E-state index contributed by atoms with van der Waals surface area (Å²) < 4.78 is 18.6. The number of carbonyl (C=O) groups is 1. The molecule has 7 heteroatoms. The number of morpholine rings is 1. The molecule has 0 unspecified atom stereocenters. The molecule has 1 aliphatic rings. The quantitative estimate of drug-likeness (QED) is 0.614. The van der Waals surface area contributed by atoms with Crippen LogP contribution in [0.5, 0.6) is 0 Å². The molecule has 0 radical (unpaired) electrons. The van der Waals surface area contributed by atoms with Crippen LogP contribution in [0.25, 0.3) is 0 Å². The Morgan fingerprint density at radius 1 is 1.50 bits per heavy atom. The van der Waals surface area contributed by atoms with Gasteiger partial charge in [0.2, 0.25) is 5.82 Å². The van der Waals surface area contributed by atoms with Crippen LogP contribution in [-0.4, -0.2) is 41.0 Å². The first-order valence-corrected chi connectivity index (χ1v) is 6.16. The third kappa shape index (κ3) is 2.62. The zero-order valence-electron chi connectivity index (χ0n) is 11.3. The predicted octanol–water partition coefficient (Wildman–Crippen LogP) is 1.98. The minimum atomic E-state index is -0.951. The molecule has 20 heavy (non-hydrogen) atoms. The molecule has 0 aliphatic carbocycles. The van der Waals surface area contributed by atoms with Crippen LogP contribution in [0, 0.1) is 15.9 Å². The number of halogens is 1. The molecule has 0 bridgehead atoms. The largest absolute Gasteiger partial charge is 0.377 e. The monoisotopic (exact) mass is 282 g/mol. The van der Waals surface area contributed by atoms with Crippen LogP contribution < -0.4 is 0 Å². The number of benzene rings is 1. The van der Waals surface area contributed by atoms with Gasteiger partial charge >= 0.3 is 5.69 Å². The third-order valence-electron chi connectivity index (χ3n) is 3.28. The van der Waals surface area contributed by atoms with Crippen LogP contribution in [-0.2, 0) is 4.74 Å². The van der Waals surface area contributed by atoms with Crippen molar-refractivity contribution in [3.05, 3.63) is 39.7 Å². The Bertz CT molecular complexity index is 559. The van der Waals surface area contributed by atoms with Gasteiger partial charge in [-0.15, -0.1) is 0 Å². The summed E-state index contributed by atoms with van der Waals surface area (Å²) in [6.07, 6.45) is 0. The maximum absolute atomic E-state index is 13.3. The van der Waals surface area contributed by atoms with Gasteiger partial charge in [0.1, 0.15) is 0 Å². The van der Waals surface area contributed by atoms with Crippen LogP contribution >= 0.6 is 0 Å². The summed E-state index contributed by atoms with van der Waals surface area (Å²) in [7, 11) is 0. The zero-order valence-corrected chi connectivity index (χ0v) is 11.3. The molecule has 0 atom stereocenters. The molecule has 1 heterocycles. The number of nitro benzene ring substituents is 1. The molecule has 108 valence electrons. The summed E-state index contributed by atoms with van der Waals surface area (Å²) in [5, 5.41) is 10.7. The van der Waals surface area contributed by atoms with E-state index in [9.17, 15) is 19.3 Å². The summed E-state index contributed by atoms with van der Waals surface area (Å²) in [5.41, 5.74) is -1.09. The third-order valence-corrected chi connectivity index (χ3v) is 3.28. The molecule has 0 aromatic heterocycles. The number of nitrogens with zero attached hydrogens (tertiary/aromatic N) is 2. The number of nitro groups is 1. The van der Waals surface area contributed by atoms with Crippen molar-refractivity contribution in [2.75, 3.05) is 19.8 Å². The first kappa shape index (κ1) is 14.4. The van der Waals surface area contributed by atoms with E-state index in [1.54, 1.807) is 4.90 Å². The Morgan fingerprint density at radius 3 is 2.80 bits per heavy atom. The molecular formula is C13H15FN2O4. The SMILES string of the molecule is CC1(C)COCCN1C(=O)c1ccc(F)c([N+](=O)[O-])c1. The Hall–Kier alpha value is -2.02. The first-order chi connectivity index (χ1) is 9.33. The normalized spacial score (nSPS) is 17.9. The van der Waals surface area contributed by atoms with E-state index in [1.165, 1.54) is 6.07 Å². The van der Waals surface area contributed by atoms with Gasteiger partial charge < -0.3 is 9.64 Å². The second-order valence-corrected chi connectivity index (χ2v) is 5.25. The smallest absolute Gasteiger partial charge is 0.305 e. The van der Waals surface area contributed by atoms with Gasteiger partial charge in [-0.05, 0) is 26.0 Å². The van der Waals surface area contributed by atoms with Crippen molar-refractivity contribution in [2.45, 2.75) is 19.4 Å². The van der Waals surface area contributed by atoms with E-state index in [0.29, 0.717) is 19.8 Å². The average Bonchev–Trinajstić information content (AvgIpc) is 2.37. The van der Waals surface area contributed by atoms with Crippen LogP contribution in [0.15, 0.2) is 18.2 Å². The lowest BCUT2D eigenvalue weighted by Crippen LogP contribution is -2.55. The Balaban J connectivity index is 2.34. The zero-order chi connectivity index (χ0) is 14.9. The average molecular weight is 282 g/mol. The highest BCUT2D eigenvalue weighted by Crippen LogP contribution is 2.24. The number of amides is 1. The van der Waals surface area contributed by atoms with Gasteiger partial charge in [0.25, 0.3) is 5.91 Å². The van der Waals surface area contributed by atoms with Crippen molar-refractivity contribution in [3.8, 4) is 0 Å².